The molecule has 4 rings (SSSR count). The highest BCUT2D eigenvalue weighted by molar-refractivity contribution is 7.10. The monoisotopic (exact) mass is 472 g/mol. The van der Waals surface area contributed by atoms with E-state index in [0.29, 0.717) is 22.9 Å². The second-order valence-electron chi connectivity index (χ2n) is 8.79. The van der Waals surface area contributed by atoms with Gasteiger partial charge < -0.3 is 9.73 Å². The Balaban J connectivity index is 1.80. The summed E-state index contributed by atoms with van der Waals surface area (Å²) in [6.07, 6.45) is 14.7. The van der Waals surface area contributed by atoms with Gasteiger partial charge in [0.1, 0.15) is 11.7 Å². The van der Waals surface area contributed by atoms with Crippen molar-refractivity contribution in [2.45, 2.75) is 38.8 Å². The summed E-state index contributed by atoms with van der Waals surface area (Å²) in [6, 6.07) is 6.34. The number of aromatic nitrogens is 2. The lowest BCUT2D eigenvalue weighted by molar-refractivity contribution is -0.123. The Bertz CT molecular complexity index is 1290. The zero-order chi connectivity index (χ0) is 24.3. The van der Waals surface area contributed by atoms with Crippen LogP contribution in [0.15, 0.2) is 70.5 Å². The lowest BCUT2D eigenvalue weighted by Gasteiger charge is -2.34. The van der Waals surface area contributed by atoms with E-state index in [-0.39, 0.29) is 11.6 Å². The number of rotatable bonds is 6. The first kappa shape index (κ1) is 23.2. The summed E-state index contributed by atoms with van der Waals surface area (Å²) in [5.74, 6) is 2.38. The van der Waals surface area contributed by atoms with Crippen molar-refractivity contribution < 1.29 is 14.0 Å². The summed E-state index contributed by atoms with van der Waals surface area (Å²) in [5, 5.41) is 5.05. The highest BCUT2D eigenvalue weighted by Crippen LogP contribution is 2.30. The Morgan fingerprint density at radius 2 is 2.03 bits per heavy atom. The molecule has 0 spiro atoms. The van der Waals surface area contributed by atoms with Crippen LogP contribution in [0.1, 0.15) is 42.7 Å². The van der Waals surface area contributed by atoms with Gasteiger partial charge in [-0.3, -0.25) is 14.5 Å². The van der Waals surface area contributed by atoms with Gasteiger partial charge in [0.2, 0.25) is 5.91 Å². The van der Waals surface area contributed by atoms with E-state index in [1.54, 1.807) is 23.7 Å². The quantitative estimate of drug-likeness (QED) is 0.530. The maximum atomic E-state index is 13.8. The molecule has 2 amide bonds. The average molecular weight is 473 g/mol. The maximum Gasteiger partial charge on any atom is 0.278 e. The largest absolute Gasteiger partial charge is 0.444 e. The van der Waals surface area contributed by atoms with E-state index >= 15 is 0 Å². The van der Waals surface area contributed by atoms with Gasteiger partial charge in [0.25, 0.3) is 5.91 Å². The fourth-order valence-electron chi connectivity index (χ4n) is 3.65. The van der Waals surface area contributed by atoms with Crippen molar-refractivity contribution in [2.75, 3.05) is 4.90 Å². The third-order valence-corrected chi connectivity index (χ3v) is 5.86. The third kappa shape index (κ3) is 5.00. The molecule has 0 saturated heterocycles. The number of carbonyl (C=O) groups excluding carboxylic acids is 2. The molecule has 1 aromatic carbocycles. The van der Waals surface area contributed by atoms with Crippen molar-refractivity contribution in [1.29, 1.82) is 0 Å². The fraction of sp³-hybridized carbons (Fsp3) is 0.231. The third-order valence-electron chi connectivity index (χ3n) is 5.08. The molecule has 2 heterocycles. The summed E-state index contributed by atoms with van der Waals surface area (Å²) >= 11 is 1.21. The topological polar surface area (TPSA) is 88.3 Å². The second-order valence-corrected chi connectivity index (χ2v) is 9.64. The number of hydrogen-bond donors (Lipinski definition) is 1. The predicted octanol–water partition coefficient (Wildman–Crippen LogP) is 4.60. The number of carbonyl (C=O) groups is 2. The van der Waals surface area contributed by atoms with Crippen LogP contribution in [0.3, 0.4) is 0 Å². The number of amides is 2. The highest BCUT2D eigenvalue weighted by Gasteiger charge is 2.37. The minimum absolute atomic E-state index is 0.192. The van der Waals surface area contributed by atoms with Crippen molar-refractivity contribution in [1.82, 2.24) is 15.3 Å². The van der Waals surface area contributed by atoms with Gasteiger partial charge in [-0.15, -0.1) is 17.8 Å². The van der Waals surface area contributed by atoms with E-state index in [4.69, 9.17) is 10.8 Å². The van der Waals surface area contributed by atoms with Gasteiger partial charge in [-0.25, -0.2) is 9.97 Å². The maximum absolute atomic E-state index is 13.8. The summed E-state index contributed by atoms with van der Waals surface area (Å²) in [4.78, 5) is 37.1. The van der Waals surface area contributed by atoms with Gasteiger partial charge in [-0.05, 0) is 63.0 Å². The number of hydrogen-bond acceptors (Lipinski definition) is 6. The van der Waals surface area contributed by atoms with E-state index in [0.717, 1.165) is 11.1 Å². The standard InChI is InChI=1S/C26H24N4O3S/c1-5-22-28-20(15-34-22)25(32)30(19-12-10-17(11-13-19)21-14-27-16-33-21)23(18-8-6-7-9-18)24(31)29-26(2,3)4/h1,6-8,10-16,23H,9H2,2-4H3,(H,29,31). The molecule has 0 radical (unpaired) electrons. The number of terminal acetylenes is 1. The van der Waals surface area contributed by atoms with Crippen LogP contribution < -0.4 is 10.2 Å². The zero-order valence-electron chi connectivity index (χ0n) is 19.1. The van der Waals surface area contributed by atoms with Gasteiger partial charge in [0, 0.05) is 22.2 Å². The van der Waals surface area contributed by atoms with Crippen LogP contribution in [-0.2, 0) is 4.79 Å². The molecule has 0 fully saturated rings. The van der Waals surface area contributed by atoms with E-state index in [2.05, 4.69) is 21.2 Å². The Hall–Kier alpha value is -3.96. The van der Waals surface area contributed by atoms with Crippen LogP contribution in [0.25, 0.3) is 11.3 Å². The second kappa shape index (κ2) is 9.49. The van der Waals surface area contributed by atoms with Crippen LogP contribution in [-0.4, -0.2) is 33.4 Å². The van der Waals surface area contributed by atoms with E-state index in [1.165, 1.54) is 22.6 Å². The molecular formula is C26H24N4O3S. The smallest absolute Gasteiger partial charge is 0.278 e. The normalized spacial score (nSPS) is 13.8. The number of oxazole rings is 1. The zero-order valence-corrected chi connectivity index (χ0v) is 19.9. The molecule has 1 N–H and O–H groups in total. The SMILES string of the molecule is C#Cc1nc(C(=O)N(c2ccc(-c3cnco3)cc2)C(C(=O)NC(C)(C)C)C2=CC=CC2)cs1. The first-order chi connectivity index (χ1) is 16.3. The Kier molecular flexibility index (Phi) is 6.48. The summed E-state index contributed by atoms with van der Waals surface area (Å²) in [7, 11) is 0. The molecule has 3 aromatic rings. The predicted molar refractivity (Wildman–Crippen MR) is 132 cm³/mol. The molecule has 7 nitrogen and oxygen atoms in total. The average Bonchev–Trinajstić information content (AvgIpc) is 3.58. The van der Waals surface area contributed by atoms with Crippen molar-refractivity contribution >= 4 is 28.8 Å². The van der Waals surface area contributed by atoms with Gasteiger partial charge in [0.15, 0.2) is 17.2 Å². The Morgan fingerprint density at radius 1 is 1.26 bits per heavy atom. The summed E-state index contributed by atoms with van der Waals surface area (Å²) in [5.41, 5.74) is 1.86. The Morgan fingerprint density at radius 3 is 2.59 bits per heavy atom. The first-order valence-electron chi connectivity index (χ1n) is 10.7. The van der Waals surface area contributed by atoms with E-state index in [1.807, 2.05) is 51.1 Å². The molecule has 1 aliphatic carbocycles. The highest BCUT2D eigenvalue weighted by atomic mass is 32.1. The lowest BCUT2D eigenvalue weighted by atomic mass is 9.99. The Labute approximate surface area is 202 Å². The lowest BCUT2D eigenvalue weighted by Crippen LogP contribution is -2.55. The molecule has 34 heavy (non-hydrogen) atoms. The van der Waals surface area contributed by atoms with Gasteiger partial charge in [-0.2, -0.15) is 0 Å². The molecular weight excluding hydrogens is 448 g/mol. The van der Waals surface area contributed by atoms with E-state index in [9.17, 15) is 9.59 Å². The number of allylic oxidation sites excluding steroid dienone is 3. The first-order valence-corrected chi connectivity index (χ1v) is 11.6. The molecule has 1 unspecified atom stereocenters. The molecule has 8 heteroatoms. The van der Waals surface area contributed by atoms with Crippen LogP contribution in [0.5, 0.6) is 0 Å². The van der Waals surface area contributed by atoms with E-state index < -0.39 is 17.5 Å². The molecule has 0 saturated carbocycles. The van der Waals surface area contributed by atoms with Crippen LogP contribution >= 0.6 is 11.3 Å². The molecule has 1 aliphatic rings. The molecule has 0 bridgehead atoms. The summed E-state index contributed by atoms with van der Waals surface area (Å²) < 4.78 is 5.37. The number of nitrogens with zero attached hydrogens (tertiary/aromatic N) is 3. The van der Waals surface area contributed by atoms with Gasteiger partial charge in [-0.1, -0.05) is 18.2 Å². The van der Waals surface area contributed by atoms with Gasteiger partial charge in [0.05, 0.1) is 6.20 Å². The van der Waals surface area contributed by atoms with Crippen molar-refractivity contribution in [2.24, 2.45) is 0 Å². The van der Waals surface area contributed by atoms with Crippen LogP contribution in [0.2, 0.25) is 0 Å². The summed E-state index contributed by atoms with van der Waals surface area (Å²) in [6.45, 7) is 5.71. The van der Waals surface area contributed by atoms with Gasteiger partial charge >= 0.3 is 0 Å². The fourth-order valence-corrected chi connectivity index (χ4v) is 4.24. The number of benzene rings is 1. The molecule has 172 valence electrons. The molecule has 2 aromatic heterocycles. The van der Waals surface area contributed by atoms with Crippen molar-refractivity contribution in [3.8, 4) is 23.7 Å². The minimum Gasteiger partial charge on any atom is -0.444 e. The van der Waals surface area contributed by atoms with Crippen LogP contribution in [0, 0.1) is 12.3 Å². The number of thiazole rings is 1. The van der Waals surface area contributed by atoms with Crippen LogP contribution in [0.4, 0.5) is 5.69 Å². The van der Waals surface area contributed by atoms with Crippen molar-refractivity contribution in [3.05, 3.63) is 76.7 Å². The molecule has 1 atom stereocenters. The number of nitrogens with one attached hydrogen (secondary N) is 1. The molecule has 0 aliphatic heterocycles. The minimum atomic E-state index is -0.867. The number of anilines is 1. The van der Waals surface area contributed by atoms with Crippen molar-refractivity contribution in [3.63, 3.8) is 0 Å².